The molecule has 9 heteroatoms. The number of alkyl halides is 3. The maximum atomic E-state index is 12.8. The lowest BCUT2D eigenvalue weighted by molar-refractivity contribution is -0.146. The molecule has 0 unspecified atom stereocenters. The van der Waals surface area contributed by atoms with Gasteiger partial charge in [-0.25, -0.2) is 4.98 Å². The molecule has 6 nitrogen and oxygen atoms in total. The predicted molar refractivity (Wildman–Crippen MR) is 118 cm³/mol. The van der Waals surface area contributed by atoms with Crippen LogP contribution in [0.1, 0.15) is 35.4 Å². The third-order valence-corrected chi connectivity index (χ3v) is 5.85. The van der Waals surface area contributed by atoms with Gasteiger partial charge in [0.15, 0.2) is 0 Å². The van der Waals surface area contributed by atoms with E-state index in [2.05, 4.69) is 9.88 Å². The van der Waals surface area contributed by atoms with Crippen LogP contribution in [0.5, 0.6) is 5.75 Å². The molecule has 0 N–H and O–H groups in total. The van der Waals surface area contributed by atoms with Crippen molar-refractivity contribution in [1.82, 2.24) is 9.88 Å². The van der Waals surface area contributed by atoms with Gasteiger partial charge in [-0.05, 0) is 68.3 Å². The third kappa shape index (κ3) is 5.41. The van der Waals surface area contributed by atoms with Gasteiger partial charge >= 0.3 is 12.1 Å². The van der Waals surface area contributed by atoms with E-state index >= 15 is 0 Å². The highest BCUT2D eigenvalue weighted by molar-refractivity contribution is 5.76. The van der Waals surface area contributed by atoms with Crippen LogP contribution in [0.15, 0.2) is 52.9 Å². The molecule has 0 aliphatic carbocycles. The Kier molecular flexibility index (Phi) is 6.92. The molecule has 4 rings (SSSR count). The van der Waals surface area contributed by atoms with Crippen molar-refractivity contribution in [3.05, 3.63) is 71.1 Å². The van der Waals surface area contributed by atoms with Crippen LogP contribution < -0.4 is 4.74 Å². The summed E-state index contributed by atoms with van der Waals surface area (Å²) in [5, 5.41) is 0. The van der Waals surface area contributed by atoms with Crippen LogP contribution >= 0.6 is 0 Å². The summed E-state index contributed by atoms with van der Waals surface area (Å²) in [6.45, 7) is 3.32. The number of rotatable bonds is 7. The van der Waals surface area contributed by atoms with Crippen molar-refractivity contribution < 1.29 is 31.9 Å². The second-order valence-electron chi connectivity index (χ2n) is 8.18. The van der Waals surface area contributed by atoms with Crippen molar-refractivity contribution in [1.29, 1.82) is 0 Å². The third-order valence-electron chi connectivity index (χ3n) is 5.85. The van der Waals surface area contributed by atoms with Crippen molar-refractivity contribution in [3.8, 4) is 17.2 Å². The smallest absolute Gasteiger partial charge is 0.416 e. The molecule has 1 aliphatic heterocycles. The van der Waals surface area contributed by atoms with Gasteiger partial charge in [-0.1, -0.05) is 12.1 Å². The highest BCUT2D eigenvalue weighted by Gasteiger charge is 2.31. The Morgan fingerprint density at radius 3 is 2.68 bits per heavy atom. The predicted octanol–water partition coefficient (Wildman–Crippen LogP) is 5.39. The van der Waals surface area contributed by atoms with Crippen molar-refractivity contribution in [2.75, 3.05) is 13.7 Å². The van der Waals surface area contributed by atoms with E-state index in [0.717, 1.165) is 37.1 Å². The van der Waals surface area contributed by atoms with Crippen LogP contribution in [0.2, 0.25) is 0 Å². The summed E-state index contributed by atoms with van der Waals surface area (Å²) < 4.78 is 54.8. The Morgan fingerprint density at radius 2 is 1.97 bits per heavy atom. The van der Waals surface area contributed by atoms with Crippen LogP contribution in [-0.2, 0) is 28.9 Å². The Bertz CT molecular complexity index is 1140. The van der Waals surface area contributed by atoms with Crippen LogP contribution in [0, 0.1) is 6.92 Å². The standard InChI is InChI=1S/C25H25F3N2O4/c1-16-21(29-23(34-16)18-8-10-19(11-9-18)25(26,27)28)15-33-20-6-3-5-17(13-20)14-30-12-4-7-22(30)24(31)32-2/h3,5-6,8-11,13,22H,4,7,12,14-15H2,1-2H3/t22-/m1/s1. The second kappa shape index (κ2) is 9.89. The number of methoxy groups -OCH3 is 1. The van der Waals surface area contributed by atoms with Crippen molar-refractivity contribution in [2.24, 2.45) is 0 Å². The van der Waals surface area contributed by atoms with Crippen molar-refractivity contribution in [3.63, 3.8) is 0 Å². The summed E-state index contributed by atoms with van der Waals surface area (Å²) >= 11 is 0. The van der Waals surface area contributed by atoms with E-state index in [9.17, 15) is 18.0 Å². The highest BCUT2D eigenvalue weighted by Crippen LogP contribution is 2.31. The number of carbonyl (C=O) groups excluding carboxylic acids is 1. The maximum absolute atomic E-state index is 12.8. The highest BCUT2D eigenvalue weighted by atomic mass is 19.4. The van der Waals surface area contributed by atoms with Gasteiger partial charge < -0.3 is 13.9 Å². The molecular formula is C25H25F3N2O4. The minimum absolute atomic E-state index is 0.147. The number of oxazole rings is 1. The van der Waals surface area contributed by atoms with E-state index in [-0.39, 0.29) is 24.5 Å². The number of hydrogen-bond donors (Lipinski definition) is 0. The Balaban J connectivity index is 1.40. The molecule has 1 aliphatic rings. The quantitative estimate of drug-likeness (QED) is 0.428. The van der Waals surface area contributed by atoms with E-state index in [0.29, 0.717) is 29.3 Å². The zero-order valence-electron chi connectivity index (χ0n) is 18.9. The number of nitrogens with zero attached hydrogens (tertiary/aromatic N) is 2. The van der Waals surface area contributed by atoms with E-state index in [1.54, 1.807) is 6.92 Å². The lowest BCUT2D eigenvalue weighted by atomic mass is 10.1. The number of aryl methyl sites for hydroxylation is 1. The van der Waals surface area contributed by atoms with Gasteiger partial charge in [-0.3, -0.25) is 9.69 Å². The number of hydrogen-bond acceptors (Lipinski definition) is 6. The minimum Gasteiger partial charge on any atom is -0.487 e. The first-order valence-corrected chi connectivity index (χ1v) is 10.9. The molecule has 0 saturated carbocycles. The van der Waals surface area contributed by atoms with Crippen LogP contribution in [0.4, 0.5) is 13.2 Å². The lowest BCUT2D eigenvalue weighted by Gasteiger charge is -2.22. The molecule has 1 fully saturated rings. The van der Waals surface area contributed by atoms with Gasteiger partial charge in [-0.15, -0.1) is 0 Å². The summed E-state index contributed by atoms with van der Waals surface area (Å²) in [5.41, 5.74) is 1.30. The molecule has 180 valence electrons. The molecule has 1 atom stereocenters. The van der Waals surface area contributed by atoms with Gasteiger partial charge in [0, 0.05) is 12.1 Å². The monoisotopic (exact) mass is 474 g/mol. The molecule has 0 radical (unpaired) electrons. The van der Waals surface area contributed by atoms with Gasteiger partial charge in [0.1, 0.15) is 29.9 Å². The summed E-state index contributed by atoms with van der Waals surface area (Å²) in [5.74, 6) is 1.20. The maximum Gasteiger partial charge on any atom is 0.416 e. The summed E-state index contributed by atoms with van der Waals surface area (Å²) in [6.07, 6.45) is -2.66. The molecular weight excluding hydrogens is 449 g/mol. The van der Waals surface area contributed by atoms with E-state index < -0.39 is 11.7 Å². The van der Waals surface area contributed by atoms with Crippen LogP contribution in [0.3, 0.4) is 0 Å². The second-order valence-corrected chi connectivity index (χ2v) is 8.18. The van der Waals surface area contributed by atoms with E-state index in [1.807, 2.05) is 24.3 Å². The average Bonchev–Trinajstić information content (AvgIpc) is 3.43. The summed E-state index contributed by atoms with van der Waals surface area (Å²) in [6, 6.07) is 12.1. The van der Waals surface area contributed by atoms with E-state index in [1.165, 1.54) is 19.2 Å². The first-order chi connectivity index (χ1) is 16.2. The van der Waals surface area contributed by atoms with Crippen molar-refractivity contribution >= 4 is 5.97 Å². The molecule has 2 aromatic carbocycles. The van der Waals surface area contributed by atoms with Crippen LogP contribution in [-0.4, -0.2) is 35.5 Å². The van der Waals surface area contributed by atoms with Crippen molar-refractivity contribution in [2.45, 2.75) is 45.1 Å². The minimum atomic E-state index is -4.40. The topological polar surface area (TPSA) is 64.8 Å². The zero-order chi connectivity index (χ0) is 24.3. The zero-order valence-corrected chi connectivity index (χ0v) is 18.9. The first-order valence-electron chi connectivity index (χ1n) is 10.9. The molecule has 0 bridgehead atoms. The number of halogens is 3. The Labute approximate surface area is 195 Å². The van der Waals surface area contributed by atoms with Gasteiger partial charge in [0.25, 0.3) is 0 Å². The molecule has 3 aromatic rings. The lowest BCUT2D eigenvalue weighted by Crippen LogP contribution is -2.36. The number of benzene rings is 2. The number of carbonyl (C=O) groups is 1. The van der Waals surface area contributed by atoms with Crippen LogP contribution in [0.25, 0.3) is 11.5 Å². The first kappa shape index (κ1) is 23.8. The number of aromatic nitrogens is 1. The number of ether oxygens (including phenoxy) is 2. The molecule has 1 aromatic heterocycles. The largest absolute Gasteiger partial charge is 0.487 e. The summed E-state index contributed by atoms with van der Waals surface area (Å²) in [7, 11) is 1.40. The van der Waals surface area contributed by atoms with Gasteiger partial charge in [0.05, 0.1) is 12.7 Å². The fourth-order valence-corrected chi connectivity index (χ4v) is 4.03. The molecule has 34 heavy (non-hydrogen) atoms. The fourth-order valence-electron chi connectivity index (χ4n) is 4.03. The van der Waals surface area contributed by atoms with Gasteiger partial charge in [-0.2, -0.15) is 13.2 Å². The average molecular weight is 474 g/mol. The number of likely N-dealkylation sites (tertiary alicyclic amines) is 1. The molecule has 0 spiro atoms. The van der Waals surface area contributed by atoms with Gasteiger partial charge in [0.2, 0.25) is 5.89 Å². The normalized spacial score (nSPS) is 16.6. The summed E-state index contributed by atoms with van der Waals surface area (Å²) in [4.78, 5) is 18.5. The molecule has 1 saturated heterocycles. The fraction of sp³-hybridized carbons (Fsp3) is 0.360. The molecule has 0 amide bonds. The Morgan fingerprint density at radius 1 is 1.21 bits per heavy atom. The Hall–Kier alpha value is -3.33. The van der Waals surface area contributed by atoms with E-state index in [4.69, 9.17) is 13.9 Å². The number of esters is 1. The molecule has 2 heterocycles. The SMILES string of the molecule is COC(=O)[C@H]1CCCN1Cc1cccc(OCc2nc(-c3ccc(C(F)(F)F)cc3)oc2C)c1.